The van der Waals surface area contributed by atoms with E-state index in [0.29, 0.717) is 13.1 Å². The number of aromatic nitrogens is 1. The number of benzene rings is 1. The molecule has 0 spiro atoms. The van der Waals surface area contributed by atoms with Gasteiger partial charge in [-0.25, -0.2) is 0 Å². The molecule has 2 heterocycles. The lowest BCUT2D eigenvalue weighted by Gasteiger charge is -2.29. The van der Waals surface area contributed by atoms with Gasteiger partial charge < -0.3 is 10.2 Å². The Hall–Kier alpha value is -2.10. The Kier molecular flexibility index (Phi) is 2.63. The highest BCUT2D eigenvalue weighted by Gasteiger charge is 2.18. The van der Waals surface area contributed by atoms with Crippen molar-refractivity contribution in [2.75, 3.05) is 24.5 Å². The normalized spacial score (nSPS) is 15.8. The van der Waals surface area contributed by atoms with Gasteiger partial charge in [0.25, 0.3) is 0 Å². The van der Waals surface area contributed by atoms with Gasteiger partial charge in [0.1, 0.15) is 0 Å². The SMILES string of the molecule is Cc1cc(N2CCNC(=O)C2)c2ccccc2n1. The van der Waals surface area contributed by atoms with Crippen LogP contribution in [0.15, 0.2) is 30.3 Å². The van der Waals surface area contributed by atoms with Crippen molar-refractivity contribution in [3.63, 3.8) is 0 Å². The van der Waals surface area contributed by atoms with E-state index >= 15 is 0 Å². The Morgan fingerprint density at radius 3 is 3.00 bits per heavy atom. The molecule has 2 aromatic rings. The summed E-state index contributed by atoms with van der Waals surface area (Å²) < 4.78 is 0. The van der Waals surface area contributed by atoms with Gasteiger partial charge in [-0.2, -0.15) is 0 Å². The summed E-state index contributed by atoms with van der Waals surface area (Å²) in [6, 6.07) is 10.1. The average molecular weight is 241 g/mol. The highest BCUT2D eigenvalue weighted by atomic mass is 16.2. The number of piperazine rings is 1. The van der Waals surface area contributed by atoms with Gasteiger partial charge in [-0.1, -0.05) is 18.2 Å². The highest BCUT2D eigenvalue weighted by molar-refractivity contribution is 5.94. The zero-order valence-corrected chi connectivity index (χ0v) is 10.3. The molecule has 4 nitrogen and oxygen atoms in total. The number of carbonyl (C=O) groups is 1. The summed E-state index contributed by atoms with van der Waals surface area (Å²) in [6.07, 6.45) is 0. The standard InChI is InChI=1S/C14H15N3O/c1-10-8-13(17-7-6-15-14(18)9-17)11-4-2-3-5-12(11)16-10/h2-5,8H,6-7,9H2,1H3,(H,15,18). The molecule has 1 amide bonds. The van der Waals surface area contributed by atoms with Crippen molar-refractivity contribution in [3.8, 4) is 0 Å². The predicted octanol–water partition coefficient (Wildman–Crippen LogP) is 1.48. The summed E-state index contributed by atoms with van der Waals surface area (Å²) in [5, 5.41) is 3.96. The van der Waals surface area contributed by atoms with E-state index in [1.807, 2.05) is 25.1 Å². The monoisotopic (exact) mass is 241 g/mol. The molecular weight excluding hydrogens is 226 g/mol. The van der Waals surface area contributed by atoms with Crippen LogP contribution in [0.5, 0.6) is 0 Å². The predicted molar refractivity (Wildman–Crippen MR) is 71.7 cm³/mol. The van der Waals surface area contributed by atoms with Crippen LogP contribution < -0.4 is 10.2 Å². The molecule has 0 aliphatic carbocycles. The molecule has 0 bridgehead atoms. The van der Waals surface area contributed by atoms with Gasteiger partial charge in [-0.15, -0.1) is 0 Å². The number of anilines is 1. The van der Waals surface area contributed by atoms with Crippen molar-refractivity contribution in [3.05, 3.63) is 36.0 Å². The molecule has 0 atom stereocenters. The van der Waals surface area contributed by atoms with Crippen molar-refractivity contribution in [2.24, 2.45) is 0 Å². The zero-order chi connectivity index (χ0) is 12.5. The first-order valence-electron chi connectivity index (χ1n) is 6.12. The lowest BCUT2D eigenvalue weighted by Crippen LogP contribution is -2.47. The Balaban J connectivity index is 2.12. The lowest BCUT2D eigenvalue weighted by molar-refractivity contribution is -0.120. The molecule has 0 saturated carbocycles. The third kappa shape index (κ3) is 1.90. The molecule has 1 aromatic carbocycles. The summed E-state index contributed by atoms with van der Waals surface area (Å²) in [5.41, 5.74) is 3.07. The molecule has 92 valence electrons. The number of hydrogen-bond acceptors (Lipinski definition) is 3. The van der Waals surface area contributed by atoms with E-state index in [9.17, 15) is 4.79 Å². The third-order valence-electron chi connectivity index (χ3n) is 3.20. The molecule has 3 rings (SSSR count). The summed E-state index contributed by atoms with van der Waals surface area (Å²) in [7, 11) is 0. The fraction of sp³-hybridized carbons (Fsp3) is 0.286. The average Bonchev–Trinajstić information content (AvgIpc) is 2.37. The second-order valence-corrected chi connectivity index (χ2v) is 4.57. The number of nitrogens with zero attached hydrogens (tertiary/aromatic N) is 2. The number of amides is 1. The maximum atomic E-state index is 11.5. The second kappa shape index (κ2) is 4.29. The molecule has 1 aromatic heterocycles. The van der Waals surface area contributed by atoms with E-state index in [0.717, 1.165) is 28.8 Å². The molecule has 1 saturated heterocycles. The van der Waals surface area contributed by atoms with E-state index in [4.69, 9.17) is 0 Å². The summed E-state index contributed by atoms with van der Waals surface area (Å²) >= 11 is 0. The van der Waals surface area contributed by atoms with Gasteiger partial charge in [0.15, 0.2) is 0 Å². The number of para-hydroxylation sites is 1. The second-order valence-electron chi connectivity index (χ2n) is 4.57. The third-order valence-corrected chi connectivity index (χ3v) is 3.20. The number of rotatable bonds is 1. The summed E-state index contributed by atoms with van der Waals surface area (Å²) in [4.78, 5) is 18.1. The van der Waals surface area contributed by atoms with Crippen molar-refractivity contribution >= 4 is 22.5 Å². The Bertz CT molecular complexity index is 609. The van der Waals surface area contributed by atoms with Gasteiger partial charge in [-0.3, -0.25) is 9.78 Å². The van der Waals surface area contributed by atoms with Crippen LogP contribution in [0.2, 0.25) is 0 Å². The van der Waals surface area contributed by atoms with E-state index in [2.05, 4.69) is 27.3 Å². The molecular formula is C14H15N3O. The highest BCUT2D eigenvalue weighted by Crippen LogP contribution is 2.26. The van der Waals surface area contributed by atoms with E-state index < -0.39 is 0 Å². The minimum absolute atomic E-state index is 0.0831. The van der Waals surface area contributed by atoms with Crippen molar-refractivity contribution in [1.29, 1.82) is 0 Å². The zero-order valence-electron chi connectivity index (χ0n) is 10.3. The Morgan fingerprint density at radius 1 is 1.33 bits per heavy atom. The van der Waals surface area contributed by atoms with Crippen LogP contribution in [0.25, 0.3) is 10.9 Å². The van der Waals surface area contributed by atoms with Gasteiger partial charge in [0.05, 0.1) is 12.1 Å². The molecule has 1 fully saturated rings. The minimum Gasteiger partial charge on any atom is -0.360 e. The molecule has 4 heteroatoms. The van der Waals surface area contributed by atoms with E-state index in [-0.39, 0.29) is 5.91 Å². The largest absolute Gasteiger partial charge is 0.360 e. The molecule has 18 heavy (non-hydrogen) atoms. The van der Waals surface area contributed by atoms with Gasteiger partial charge in [-0.05, 0) is 19.1 Å². The fourth-order valence-electron chi connectivity index (χ4n) is 2.39. The van der Waals surface area contributed by atoms with Crippen LogP contribution in [0.4, 0.5) is 5.69 Å². The molecule has 1 N–H and O–H groups in total. The van der Waals surface area contributed by atoms with Crippen LogP contribution in [0, 0.1) is 6.92 Å². The summed E-state index contributed by atoms with van der Waals surface area (Å²) in [5.74, 6) is 0.0831. The molecule has 1 aliphatic heterocycles. The van der Waals surface area contributed by atoms with Crippen LogP contribution in [-0.4, -0.2) is 30.5 Å². The number of nitrogens with one attached hydrogen (secondary N) is 1. The molecule has 1 aliphatic rings. The number of aryl methyl sites for hydroxylation is 1. The Labute approximate surface area is 106 Å². The smallest absolute Gasteiger partial charge is 0.239 e. The molecule has 0 radical (unpaired) electrons. The van der Waals surface area contributed by atoms with Crippen molar-refractivity contribution < 1.29 is 4.79 Å². The number of fused-ring (bicyclic) bond motifs is 1. The number of pyridine rings is 1. The van der Waals surface area contributed by atoms with Gasteiger partial charge >= 0.3 is 0 Å². The Morgan fingerprint density at radius 2 is 2.17 bits per heavy atom. The number of carbonyl (C=O) groups excluding carboxylic acids is 1. The first-order chi connectivity index (χ1) is 8.74. The van der Waals surface area contributed by atoms with Crippen LogP contribution >= 0.6 is 0 Å². The van der Waals surface area contributed by atoms with Gasteiger partial charge in [0, 0.05) is 29.9 Å². The van der Waals surface area contributed by atoms with Crippen LogP contribution in [0.3, 0.4) is 0 Å². The summed E-state index contributed by atoms with van der Waals surface area (Å²) in [6.45, 7) is 3.96. The minimum atomic E-state index is 0.0831. The fourth-order valence-corrected chi connectivity index (χ4v) is 2.39. The van der Waals surface area contributed by atoms with Crippen LogP contribution in [0.1, 0.15) is 5.69 Å². The van der Waals surface area contributed by atoms with Crippen molar-refractivity contribution in [1.82, 2.24) is 10.3 Å². The van der Waals surface area contributed by atoms with Crippen molar-refractivity contribution in [2.45, 2.75) is 6.92 Å². The van der Waals surface area contributed by atoms with Crippen LogP contribution in [-0.2, 0) is 4.79 Å². The van der Waals surface area contributed by atoms with Gasteiger partial charge in [0.2, 0.25) is 5.91 Å². The van der Waals surface area contributed by atoms with E-state index in [1.54, 1.807) is 0 Å². The maximum absolute atomic E-state index is 11.5. The van der Waals surface area contributed by atoms with E-state index in [1.165, 1.54) is 0 Å². The number of hydrogen-bond donors (Lipinski definition) is 1. The first kappa shape index (κ1) is 11.0. The lowest BCUT2D eigenvalue weighted by atomic mass is 10.1. The topological polar surface area (TPSA) is 45.2 Å². The maximum Gasteiger partial charge on any atom is 0.239 e. The quantitative estimate of drug-likeness (QED) is 0.822. The first-order valence-corrected chi connectivity index (χ1v) is 6.12. The molecule has 0 unspecified atom stereocenters.